The third-order valence-electron chi connectivity index (χ3n) is 4.74. The molecule has 26 heavy (non-hydrogen) atoms. The molecule has 0 atom stereocenters. The number of carboxylic acid groups (broad SMARTS) is 1. The molecule has 6 nitrogen and oxygen atoms in total. The molecule has 1 aliphatic rings. The zero-order chi connectivity index (χ0) is 18.5. The summed E-state index contributed by atoms with van der Waals surface area (Å²) in [6.07, 6.45) is 0.690. The van der Waals surface area contributed by atoms with E-state index in [1.165, 1.54) is 11.6 Å². The summed E-state index contributed by atoms with van der Waals surface area (Å²) in [5.74, 6) is 0.393. The average Bonchev–Trinajstić information content (AvgIpc) is 2.66. The first-order valence-corrected chi connectivity index (χ1v) is 8.67. The van der Waals surface area contributed by atoms with E-state index < -0.39 is 6.09 Å². The lowest BCUT2D eigenvalue weighted by atomic mass is 9.88. The number of benzene rings is 2. The molecule has 2 aromatic carbocycles. The molecule has 1 aliphatic heterocycles. The number of rotatable bonds is 4. The van der Waals surface area contributed by atoms with Crippen LogP contribution in [0.4, 0.5) is 4.79 Å². The number of hydrogen-bond donors (Lipinski definition) is 3. The number of piperidine rings is 1. The molecule has 3 N–H and O–H groups in total. The lowest BCUT2D eigenvalue weighted by molar-refractivity contribution is 0.0712. The molecule has 0 radical (unpaired) electrons. The lowest BCUT2D eigenvalue weighted by Gasteiger charge is -2.32. The number of hydrogen-bond acceptors (Lipinski definition) is 3. The molecule has 1 fully saturated rings. The van der Waals surface area contributed by atoms with Gasteiger partial charge in [-0.3, -0.25) is 4.79 Å². The fourth-order valence-electron chi connectivity index (χ4n) is 3.37. The molecular weight excluding hydrogens is 332 g/mol. The summed E-state index contributed by atoms with van der Waals surface area (Å²) in [6, 6.07) is 14.4. The maximum atomic E-state index is 12.5. The molecule has 3 rings (SSSR count). The topological polar surface area (TPSA) is 89.9 Å². The Labute approximate surface area is 152 Å². The van der Waals surface area contributed by atoms with Crippen LogP contribution in [0.15, 0.2) is 48.5 Å². The Morgan fingerprint density at radius 1 is 1.08 bits per heavy atom. The third-order valence-corrected chi connectivity index (χ3v) is 4.74. The summed E-state index contributed by atoms with van der Waals surface area (Å²) >= 11 is 0. The lowest BCUT2D eigenvalue weighted by Crippen LogP contribution is -2.37. The molecule has 6 heteroatoms. The van der Waals surface area contributed by atoms with E-state index in [0.717, 1.165) is 18.4 Å². The van der Waals surface area contributed by atoms with Crippen LogP contribution in [0.1, 0.15) is 40.2 Å². The van der Waals surface area contributed by atoms with Crippen LogP contribution < -0.4 is 5.32 Å². The van der Waals surface area contributed by atoms with Gasteiger partial charge in [-0.1, -0.05) is 30.3 Å². The van der Waals surface area contributed by atoms with Crippen LogP contribution in [0, 0.1) is 0 Å². The van der Waals surface area contributed by atoms with Gasteiger partial charge in [0.15, 0.2) is 0 Å². The summed E-state index contributed by atoms with van der Waals surface area (Å²) in [5, 5.41) is 20.6. The number of likely N-dealkylation sites (tertiary alicyclic amines) is 1. The number of phenolic OH excluding ortho intramolecular Hbond substituents is 1. The number of phenols is 1. The van der Waals surface area contributed by atoms with Crippen molar-refractivity contribution >= 4 is 12.0 Å². The second-order valence-electron chi connectivity index (χ2n) is 6.52. The zero-order valence-corrected chi connectivity index (χ0v) is 14.4. The average molecular weight is 354 g/mol. The van der Waals surface area contributed by atoms with Gasteiger partial charge in [-0.25, -0.2) is 4.79 Å². The van der Waals surface area contributed by atoms with Crippen LogP contribution in [0.25, 0.3) is 0 Å². The molecule has 0 saturated carbocycles. The van der Waals surface area contributed by atoms with Crippen molar-refractivity contribution in [2.75, 3.05) is 13.1 Å². The minimum absolute atomic E-state index is 0.0567. The molecule has 0 aliphatic carbocycles. The van der Waals surface area contributed by atoms with Gasteiger partial charge in [-0.2, -0.15) is 0 Å². The SMILES string of the molecule is O=C(O)NCc1cccc(C2CCN(C(=O)c3cccc(O)c3)CC2)c1. The maximum absolute atomic E-state index is 12.5. The van der Waals surface area contributed by atoms with Crippen molar-refractivity contribution in [1.29, 1.82) is 0 Å². The second kappa shape index (κ2) is 7.91. The van der Waals surface area contributed by atoms with E-state index in [-0.39, 0.29) is 18.2 Å². The Morgan fingerprint density at radius 3 is 2.50 bits per heavy atom. The van der Waals surface area contributed by atoms with Gasteiger partial charge >= 0.3 is 6.09 Å². The zero-order valence-electron chi connectivity index (χ0n) is 14.4. The summed E-state index contributed by atoms with van der Waals surface area (Å²) in [7, 11) is 0. The van der Waals surface area contributed by atoms with Crippen LogP contribution in [0.3, 0.4) is 0 Å². The molecule has 1 saturated heterocycles. The monoisotopic (exact) mass is 354 g/mol. The maximum Gasteiger partial charge on any atom is 0.404 e. The van der Waals surface area contributed by atoms with Crippen molar-refractivity contribution in [2.45, 2.75) is 25.3 Å². The molecule has 0 bridgehead atoms. The molecule has 0 aromatic heterocycles. The van der Waals surface area contributed by atoms with Crippen LogP contribution in [0.5, 0.6) is 5.75 Å². The second-order valence-corrected chi connectivity index (χ2v) is 6.52. The quantitative estimate of drug-likeness (QED) is 0.787. The van der Waals surface area contributed by atoms with Crippen LogP contribution >= 0.6 is 0 Å². The van der Waals surface area contributed by atoms with Gasteiger partial charge in [0.05, 0.1) is 0 Å². The Hall–Kier alpha value is -3.02. The van der Waals surface area contributed by atoms with E-state index in [4.69, 9.17) is 5.11 Å². The van der Waals surface area contributed by atoms with E-state index in [0.29, 0.717) is 24.6 Å². The number of nitrogens with zero attached hydrogens (tertiary/aromatic N) is 1. The van der Waals surface area contributed by atoms with E-state index in [2.05, 4.69) is 11.4 Å². The van der Waals surface area contributed by atoms with Gasteiger partial charge < -0.3 is 20.4 Å². The van der Waals surface area contributed by atoms with Gasteiger partial charge in [-0.05, 0) is 48.1 Å². The van der Waals surface area contributed by atoms with E-state index in [9.17, 15) is 14.7 Å². The van der Waals surface area contributed by atoms with Crippen molar-refractivity contribution in [1.82, 2.24) is 10.2 Å². The molecular formula is C20H22N2O4. The highest BCUT2D eigenvalue weighted by Crippen LogP contribution is 2.29. The number of carbonyl (C=O) groups excluding carboxylic acids is 1. The van der Waals surface area contributed by atoms with Gasteiger partial charge in [0.2, 0.25) is 0 Å². The summed E-state index contributed by atoms with van der Waals surface area (Å²) < 4.78 is 0. The molecule has 0 spiro atoms. The first-order valence-electron chi connectivity index (χ1n) is 8.67. The van der Waals surface area contributed by atoms with E-state index in [1.54, 1.807) is 18.2 Å². The summed E-state index contributed by atoms with van der Waals surface area (Å²) in [6.45, 7) is 1.62. The van der Waals surface area contributed by atoms with E-state index >= 15 is 0 Å². The largest absolute Gasteiger partial charge is 0.508 e. The Kier molecular flexibility index (Phi) is 5.41. The number of aromatic hydroxyl groups is 1. The molecule has 2 amide bonds. The van der Waals surface area contributed by atoms with Crippen molar-refractivity contribution < 1.29 is 19.8 Å². The molecule has 2 aromatic rings. The molecule has 0 unspecified atom stereocenters. The highest BCUT2D eigenvalue weighted by atomic mass is 16.4. The van der Waals surface area contributed by atoms with E-state index in [1.807, 2.05) is 23.1 Å². The van der Waals surface area contributed by atoms with Crippen molar-refractivity contribution in [3.63, 3.8) is 0 Å². The highest BCUT2D eigenvalue weighted by molar-refractivity contribution is 5.94. The third kappa shape index (κ3) is 4.33. The normalized spacial score (nSPS) is 14.8. The highest BCUT2D eigenvalue weighted by Gasteiger charge is 2.24. The number of carbonyl (C=O) groups is 2. The van der Waals surface area contributed by atoms with Crippen LogP contribution in [-0.4, -0.2) is 40.2 Å². The van der Waals surface area contributed by atoms with Crippen molar-refractivity contribution in [3.8, 4) is 5.75 Å². The Balaban J connectivity index is 1.61. The fourth-order valence-corrected chi connectivity index (χ4v) is 3.37. The predicted molar refractivity (Wildman–Crippen MR) is 97.3 cm³/mol. The van der Waals surface area contributed by atoms with Crippen LogP contribution in [-0.2, 0) is 6.54 Å². The first-order chi connectivity index (χ1) is 12.5. The first kappa shape index (κ1) is 17.8. The molecule has 1 heterocycles. The number of amides is 2. The van der Waals surface area contributed by atoms with Crippen LogP contribution in [0.2, 0.25) is 0 Å². The minimum Gasteiger partial charge on any atom is -0.508 e. The summed E-state index contributed by atoms with van der Waals surface area (Å²) in [5.41, 5.74) is 2.62. The standard InChI is InChI=1S/C20H22N2O4/c23-18-6-2-5-17(12-18)19(24)22-9-7-15(8-10-22)16-4-1-3-14(11-16)13-21-20(25)26/h1-6,11-12,15,21,23H,7-10,13H2,(H,25,26). The van der Waals surface area contributed by atoms with Crippen molar-refractivity contribution in [3.05, 3.63) is 65.2 Å². The fraction of sp³-hybridized carbons (Fsp3) is 0.300. The van der Waals surface area contributed by atoms with Gasteiger partial charge in [0.1, 0.15) is 5.75 Å². The van der Waals surface area contributed by atoms with Crippen molar-refractivity contribution in [2.24, 2.45) is 0 Å². The number of nitrogens with one attached hydrogen (secondary N) is 1. The Morgan fingerprint density at radius 2 is 1.81 bits per heavy atom. The predicted octanol–water partition coefficient (Wildman–Crippen LogP) is 3.18. The minimum atomic E-state index is -1.03. The van der Waals surface area contributed by atoms with Gasteiger partial charge in [0.25, 0.3) is 5.91 Å². The summed E-state index contributed by atoms with van der Waals surface area (Å²) in [4.78, 5) is 25.0. The Bertz CT molecular complexity index is 798. The molecule has 136 valence electrons. The smallest absolute Gasteiger partial charge is 0.404 e. The van der Waals surface area contributed by atoms with Gasteiger partial charge in [0, 0.05) is 25.2 Å². The van der Waals surface area contributed by atoms with Gasteiger partial charge in [-0.15, -0.1) is 0 Å².